The van der Waals surface area contributed by atoms with Crippen molar-refractivity contribution in [2.24, 2.45) is 0 Å². The molecule has 3 heterocycles. The van der Waals surface area contributed by atoms with Gasteiger partial charge in [0, 0.05) is 18.1 Å². The lowest BCUT2D eigenvalue weighted by Crippen LogP contribution is -2.17. The number of aromatic carboxylic acids is 1. The number of fused-ring (bicyclic) bond motifs is 1. The molecule has 0 aliphatic rings. The van der Waals surface area contributed by atoms with Crippen LogP contribution in [-0.2, 0) is 24.3 Å². The van der Waals surface area contributed by atoms with Crippen molar-refractivity contribution < 1.29 is 27.8 Å². The van der Waals surface area contributed by atoms with E-state index in [1.807, 2.05) is 6.92 Å². The molecular formula is C19H19F3N4O3. The van der Waals surface area contributed by atoms with E-state index >= 15 is 0 Å². The molecule has 10 heteroatoms. The lowest BCUT2D eigenvalue weighted by atomic mass is 10.1. The number of carbonyl (C=O) groups is 1. The van der Waals surface area contributed by atoms with Crippen LogP contribution in [-0.4, -0.2) is 43.6 Å². The maximum atomic E-state index is 12.2. The summed E-state index contributed by atoms with van der Waals surface area (Å²) in [4.78, 5) is 19.6. The van der Waals surface area contributed by atoms with Crippen LogP contribution in [0.15, 0.2) is 24.5 Å². The van der Waals surface area contributed by atoms with E-state index in [1.54, 1.807) is 29.9 Å². The third-order valence-corrected chi connectivity index (χ3v) is 4.38. The molecule has 3 rings (SSSR count). The molecule has 0 aliphatic carbocycles. The minimum atomic E-state index is -4.38. The van der Waals surface area contributed by atoms with Crippen LogP contribution in [0.2, 0.25) is 0 Å². The molecule has 154 valence electrons. The highest BCUT2D eigenvalue weighted by atomic mass is 19.4. The Kier molecular flexibility index (Phi) is 5.83. The van der Waals surface area contributed by atoms with E-state index in [1.165, 1.54) is 6.20 Å². The zero-order valence-electron chi connectivity index (χ0n) is 15.8. The van der Waals surface area contributed by atoms with Crippen LogP contribution in [0.5, 0.6) is 0 Å². The molecule has 0 bridgehead atoms. The van der Waals surface area contributed by atoms with Crippen LogP contribution in [0.25, 0.3) is 10.9 Å². The molecule has 0 aliphatic heterocycles. The van der Waals surface area contributed by atoms with Gasteiger partial charge in [-0.1, -0.05) is 13.0 Å². The number of hydrogen-bond donors (Lipinski definition) is 1. The molecule has 3 aromatic heterocycles. The van der Waals surface area contributed by atoms with Gasteiger partial charge in [0.2, 0.25) is 0 Å². The largest absolute Gasteiger partial charge is 0.476 e. The average Bonchev–Trinajstić information content (AvgIpc) is 2.99. The first-order valence-corrected chi connectivity index (χ1v) is 8.86. The second-order valence-corrected chi connectivity index (χ2v) is 6.53. The lowest BCUT2D eigenvalue weighted by molar-refractivity contribution is -0.176. The van der Waals surface area contributed by atoms with Gasteiger partial charge in [0.15, 0.2) is 5.69 Å². The quantitative estimate of drug-likeness (QED) is 0.643. The first kappa shape index (κ1) is 20.7. The van der Waals surface area contributed by atoms with Crippen molar-refractivity contribution in [3.63, 3.8) is 0 Å². The Bertz CT molecular complexity index is 1050. The second kappa shape index (κ2) is 8.16. The summed E-state index contributed by atoms with van der Waals surface area (Å²) in [6.07, 6.45) is -0.861. The summed E-state index contributed by atoms with van der Waals surface area (Å²) in [6, 6.07) is 3.46. The summed E-state index contributed by atoms with van der Waals surface area (Å²) >= 11 is 0. The lowest BCUT2D eigenvalue weighted by Gasteiger charge is -2.11. The number of rotatable bonds is 7. The van der Waals surface area contributed by atoms with Gasteiger partial charge >= 0.3 is 12.1 Å². The maximum Gasteiger partial charge on any atom is 0.411 e. The van der Waals surface area contributed by atoms with Gasteiger partial charge in [-0.05, 0) is 30.5 Å². The number of hydrogen-bond acceptors (Lipinski definition) is 5. The van der Waals surface area contributed by atoms with Crippen LogP contribution in [0.1, 0.15) is 39.9 Å². The molecule has 0 saturated carbocycles. The third-order valence-electron chi connectivity index (χ3n) is 4.38. The smallest absolute Gasteiger partial charge is 0.411 e. The van der Waals surface area contributed by atoms with Crippen LogP contribution >= 0.6 is 0 Å². The van der Waals surface area contributed by atoms with Crippen molar-refractivity contribution in [1.82, 2.24) is 19.7 Å². The highest BCUT2D eigenvalue weighted by Crippen LogP contribution is 2.23. The van der Waals surface area contributed by atoms with Crippen LogP contribution < -0.4 is 0 Å². The van der Waals surface area contributed by atoms with Crippen LogP contribution in [0, 0.1) is 6.92 Å². The van der Waals surface area contributed by atoms with E-state index in [-0.39, 0.29) is 12.3 Å². The van der Waals surface area contributed by atoms with Gasteiger partial charge in [-0.2, -0.15) is 18.3 Å². The average molecular weight is 408 g/mol. The van der Waals surface area contributed by atoms with Crippen molar-refractivity contribution in [3.8, 4) is 0 Å². The van der Waals surface area contributed by atoms with Crippen LogP contribution in [0.3, 0.4) is 0 Å². The van der Waals surface area contributed by atoms with Crippen LogP contribution in [0.4, 0.5) is 13.2 Å². The van der Waals surface area contributed by atoms with Crippen molar-refractivity contribution in [2.45, 2.75) is 39.6 Å². The standard InChI is InChI=1S/C19H19F3N4O3/c1-3-15-16-13(4-5-23-17(16)18(27)28)25-26(15)8-12-6-11(2)14(24-7-12)9-29-10-19(20,21)22/h4-7H,3,8-10H2,1-2H3,(H,27,28). The van der Waals surface area contributed by atoms with E-state index < -0.39 is 18.8 Å². The number of nitrogens with zero attached hydrogens (tertiary/aromatic N) is 4. The summed E-state index contributed by atoms with van der Waals surface area (Å²) in [6.45, 7) is 2.43. The number of ether oxygens (including phenoxy) is 1. The third kappa shape index (κ3) is 4.70. The summed E-state index contributed by atoms with van der Waals surface area (Å²) in [7, 11) is 0. The molecule has 0 spiro atoms. The van der Waals surface area contributed by atoms with Crippen molar-refractivity contribution >= 4 is 16.9 Å². The fourth-order valence-electron chi connectivity index (χ4n) is 3.13. The first-order chi connectivity index (χ1) is 13.7. The SMILES string of the molecule is CCc1c2c(C(=O)O)nccc2nn1Cc1cnc(COCC(F)(F)F)c(C)c1. The number of carboxylic acids is 1. The van der Waals surface area contributed by atoms with Gasteiger partial charge in [0.1, 0.15) is 6.61 Å². The molecular weight excluding hydrogens is 389 g/mol. The van der Waals surface area contributed by atoms with E-state index in [0.717, 1.165) is 11.3 Å². The van der Waals surface area contributed by atoms with Gasteiger partial charge in [-0.25, -0.2) is 9.78 Å². The van der Waals surface area contributed by atoms with Crippen molar-refractivity contribution in [1.29, 1.82) is 0 Å². The van der Waals surface area contributed by atoms with Gasteiger partial charge in [-0.3, -0.25) is 9.67 Å². The monoisotopic (exact) mass is 408 g/mol. The van der Waals surface area contributed by atoms with E-state index in [4.69, 9.17) is 0 Å². The van der Waals surface area contributed by atoms with Gasteiger partial charge in [0.25, 0.3) is 0 Å². The molecule has 0 radical (unpaired) electrons. The Morgan fingerprint density at radius 1 is 1.31 bits per heavy atom. The summed E-state index contributed by atoms with van der Waals surface area (Å²) in [5, 5.41) is 14.4. The minimum absolute atomic E-state index is 0.0444. The second-order valence-electron chi connectivity index (χ2n) is 6.53. The predicted octanol–water partition coefficient (Wildman–Crippen LogP) is 3.52. The number of aromatic nitrogens is 4. The number of aryl methyl sites for hydroxylation is 2. The maximum absolute atomic E-state index is 12.2. The number of carboxylic acid groups (broad SMARTS) is 1. The minimum Gasteiger partial charge on any atom is -0.476 e. The Balaban J connectivity index is 1.85. The molecule has 1 N–H and O–H groups in total. The Labute approximate surface area is 164 Å². The van der Waals surface area contributed by atoms with Gasteiger partial charge < -0.3 is 9.84 Å². The number of halogens is 3. The Morgan fingerprint density at radius 3 is 2.69 bits per heavy atom. The molecule has 0 aromatic carbocycles. The zero-order valence-corrected chi connectivity index (χ0v) is 15.8. The van der Waals surface area contributed by atoms with E-state index in [0.29, 0.717) is 35.1 Å². The first-order valence-electron chi connectivity index (χ1n) is 8.86. The fourth-order valence-corrected chi connectivity index (χ4v) is 3.13. The highest BCUT2D eigenvalue weighted by molar-refractivity contribution is 6.01. The number of pyridine rings is 2. The van der Waals surface area contributed by atoms with E-state index in [2.05, 4.69) is 19.8 Å². The summed E-state index contributed by atoms with van der Waals surface area (Å²) in [5.41, 5.74) is 3.15. The predicted molar refractivity (Wildman–Crippen MR) is 97.7 cm³/mol. The number of alkyl halides is 3. The normalized spacial score (nSPS) is 11.9. The van der Waals surface area contributed by atoms with E-state index in [9.17, 15) is 23.1 Å². The highest BCUT2D eigenvalue weighted by Gasteiger charge is 2.27. The summed E-state index contributed by atoms with van der Waals surface area (Å²) < 4.78 is 43.0. The molecule has 0 fully saturated rings. The Morgan fingerprint density at radius 2 is 2.07 bits per heavy atom. The van der Waals surface area contributed by atoms with Crippen molar-refractivity contribution in [2.75, 3.05) is 6.61 Å². The zero-order chi connectivity index (χ0) is 21.2. The molecule has 7 nitrogen and oxygen atoms in total. The summed E-state index contributed by atoms with van der Waals surface area (Å²) in [5.74, 6) is -1.12. The van der Waals surface area contributed by atoms with Gasteiger partial charge in [-0.15, -0.1) is 0 Å². The van der Waals surface area contributed by atoms with Gasteiger partial charge in [0.05, 0.1) is 29.7 Å². The van der Waals surface area contributed by atoms with Crippen molar-refractivity contribution in [3.05, 3.63) is 52.7 Å². The molecule has 3 aromatic rings. The molecule has 0 amide bonds. The molecule has 0 unspecified atom stereocenters. The molecule has 0 atom stereocenters. The molecule has 29 heavy (non-hydrogen) atoms. The molecule has 0 saturated heterocycles. The fraction of sp³-hybridized carbons (Fsp3) is 0.368. The Hall–Kier alpha value is -3.01. The topological polar surface area (TPSA) is 90.1 Å².